The second-order valence-corrected chi connectivity index (χ2v) is 5.81. The predicted octanol–water partition coefficient (Wildman–Crippen LogP) is 1.73. The summed E-state index contributed by atoms with van der Waals surface area (Å²) in [5.41, 5.74) is 0. The second kappa shape index (κ2) is 7.54. The van der Waals surface area contributed by atoms with Gasteiger partial charge in [0.2, 0.25) is 0 Å². The quantitative estimate of drug-likeness (QED) is 0.765. The Bertz CT molecular complexity index is 332. The molecule has 0 aromatic carbocycles. The third kappa shape index (κ3) is 5.65. The van der Waals surface area contributed by atoms with E-state index >= 15 is 0 Å². The third-order valence-corrected chi connectivity index (χ3v) is 3.00. The lowest BCUT2D eigenvalue weighted by molar-refractivity contribution is 0.265. The number of aryl methyl sites for hydroxylation is 1. The lowest BCUT2D eigenvalue weighted by Crippen LogP contribution is -2.32. The normalized spacial score (nSPS) is 13.5. The van der Waals surface area contributed by atoms with Crippen molar-refractivity contribution < 1.29 is 0 Å². The van der Waals surface area contributed by atoms with Crippen LogP contribution in [-0.4, -0.2) is 41.1 Å². The van der Waals surface area contributed by atoms with E-state index in [9.17, 15) is 0 Å². The molecular formula is C14H28N4. The Labute approximate surface area is 111 Å². The molecule has 18 heavy (non-hydrogen) atoms. The van der Waals surface area contributed by atoms with Crippen molar-refractivity contribution in [1.82, 2.24) is 19.8 Å². The molecule has 0 spiro atoms. The zero-order valence-electron chi connectivity index (χ0n) is 12.5. The first-order valence-corrected chi connectivity index (χ1v) is 6.84. The van der Waals surface area contributed by atoms with Crippen LogP contribution >= 0.6 is 0 Å². The fourth-order valence-corrected chi connectivity index (χ4v) is 2.07. The number of hydrogen-bond donors (Lipinski definition) is 1. The highest BCUT2D eigenvalue weighted by molar-refractivity contribution is 4.90. The summed E-state index contributed by atoms with van der Waals surface area (Å²) in [5.74, 6) is 2.51. The molecule has 0 fully saturated rings. The minimum Gasteiger partial charge on any atom is -0.337 e. The van der Waals surface area contributed by atoms with Gasteiger partial charge >= 0.3 is 0 Å². The molecular weight excluding hydrogens is 224 g/mol. The van der Waals surface area contributed by atoms with Crippen molar-refractivity contribution in [3.05, 3.63) is 18.2 Å². The lowest BCUT2D eigenvalue weighted by Gasteiger charge is -2.21. The Balaban J connectivity index is 2.23. The molecule has 4 heteroatoms. The van der Waals surface area contributed by atoms with E-state index in [1.54, 1.807) is 0 Å². The van der Waals surface area contributed by atoms with E-state index in [4.69, 9.17) is 0 Å². The molecule has 0 amide bonds. The number of hydrogen-bond acceptors (Lipinski definition) is 3. The first-order chi connectivity index (χ1) is 8.49. The smallest absolute Gasteiger partial charge is 0.122 e. The fraction of sp³-hybridized carbons (Fsp3) is 0.786. The van der Waals surface area contributed by atoms with Crippen molar-refractivity contribution in [1.29, 1.82) is 0 Å². The van der Waals surface area contributed by atoms with Crippen LogP contribution in [0.4, 0.5) is 0 Å². The minimum atomic E-state index is 0.661. The van der Waals surface area contributed by atoms with Crippen LogP contribution < -0.4 is 5.32 Å². The first-order valence-electron chi connectivity index (χ1n) is 6.84. The average Bonchev–Trinajstić information content (AvgIpc) is 2.63. The van der Waals surface area contributed by atoms with Crippen LogP contribution in [0.3, 0.4) is 0 Å². The Morgan fingerprint density at radius 2 is 2.06 bits per heavy atom. The summed E-state index contributed by atoms with van der Waals surface area (Å²) in [6.07, 6.45) is 3.85. The van der Waals surface area contributed by atoms with Crippen molar-refractivity contribution in [3.8, 4) is 0 Å². The highest BCUT2D eigenvalue weighted by Gasteiger charge is 2.09. The van der Waals surface area contributed by atoms with Gasteiger partial charge in [0.1, 0.15) is 5.82 Å². The molecule has 1 aromatic heterocycles. The Morgan fingerprint density at radius 3 is 2.61 bits per heavy atom. The van der Waals surface area contributed by atoms with Crippen LogP contribution in [0.15, 0.2) is 12.4 Å². The molecule has 4 nitrogen and oxygen atoms in total. The second-order valence-electron chi connectivity index (χ2n) is 5.81. The molecule has 104 valence electrons. The minimum absolute atomic E-state index is 0.661. The summed E-state index contributed by atoms with van der Waals surface area (Å²) in [6, 6.07) is 0. The van der Waals surface area contributed by atoms with Crippen LogP contribution in [0.25, 0.3) is 0 Å². The summed E-state index contributed by atoms with van der Waals surface area (Å²) in [4.78, 5) is 6.69. The number of nitrogens with zero attached hydrogens (tertiary/aromatic N) is 3. The summed E-state index contributed by atoms with van der Waals surface area (Å²) in [5, 5.41) is 3.51. The number of aromatic nitrogens is 2. The third-order valence-electron chi connectivity index (χ3n) is 3.00. The number of rotatable bonds is 8. The molecule has 0 bridgehead atoms. The van der Waals surface area contributed by atoms with Crippen LogP contribution in [0.2, 0.25) is 0 Å². The molecule has 1 heterocycles. The molecule has 1 aromatic rings. The van der Waals surface area contributed by atoms with Gasteiger partial charge in [0.05, 0.1) is 6.54 Å². The molecule has 1 atom stereocenters. The van der Waals surface area contributed by atoms with E-state index in [2.05, 4.69) is 47.6 Å². The van der Waals surface area contributed by atoms with Crippen molar-refractivity contribution in [2.75, 3.05) is 26.7 Å². The fourth-order valence-electron chi connectivity index (χ4n) is 2.07. The van der Waals surface area contributed by atoms with E-state index in [0.29, 0.717) is 5.92 Å². The van der Waals surface area contributed by atoms with Gasteiger partial charge in [0, 0.05) is 26.0 Å². The van der Waals surface area contributed by atoms with Gasteiger partial charge in [-0.3, -0.25) is 4.90 Å². The molecule has 0 aliphatic carbocycles. The van der Waals surface area contributed by atoms with Gasteiger partial charge in [-0.25, -0.2) is 4.98 Å². The zero-order chi connectivity index (χ0) is 13.5. The monoisotopic (exact) mass is 252 g/mol. The Morgan fingerprint density at radius 1 is 1.33 bits per heavy atom. The standard InChI is InChI=1S/C14H28N4/c1-12(2)8-15-9-13(3)10-17(4)11-14-16-6-7-18(14)5/h6-7,12-13,15H,8-11H2,1-5H3. The number of imidazole rings is 1. The van der Waals surface area contributed by atoms with E-state index in [1.165, 1.54) is 0 Å². The predicted molar refractivity (Wildman–Crippen MR) is 76.4 cm³/mol. The maximum absolute atomic E-state index is 4.35. The molecule has 1 rings (SSSR count). The highest BCUT2D eigenvalue weighted by atomic mass is 15.2. The molecule has 0 aliphatic heterocycles. The van der Waals surface area contributed by atoms with Gasteiger partial charge in [-0.15, -0.1) is 0 Å². The van der Waals surface area contributed by atoms with Gasteiger partial charge in [-0.2, -0.15) is 0 Å². The first kappa shape index (κ1) is 15.2. The van der Waals surface area contributed by atoms with Crippen LogP contribution in [-0.2, 0) is 13.6 Å². The summed E-state index contributed by atoms with van der Waals surface area (Å²) in [7, 11) is 4.21. The Kier molecular flexibility index (Phi) is 6.36. The summed E-state index contributed by atoms with van der Waals surface area (Å²) >= 11 is 0. The summed E-state index contributed by atoms with van der Waals surface area (Å²) < 4.78 is 2.08. The Hall–Kier alpha value is -0.870. The SMILES string of the molecule is CC(C)CNCC(C)CN(C)Cc1nccn1C. The molecule has 0 radical (unpaired) electrons. The molecule has 0 saturated carbocycles. The zero-order valence-corrected chi connectivity index (χ0v) is 12.5. The molecule has 1 N–H and O–H groups in total. The van der Waals surface area contributed by atoms with Crippen molar-refractivity contribution in [2.45, 2.75) is 27.3 Å². The number of nitrogens with one attached hydrogen (secondary N) is 1. The van der Waals surface area contributed by atoms with E-state index in [1.807, 2.05) is 19.4 Å². The van der Waals surface area contributed by atoms with Gasteiger partial charge in [-0.1, -0.05) is 20.8 Å². The average molecular weight is 252 g/mol. The van der Waals surface area contributed by atoms with E-state index in [0.717, 1.165) is 37.9 Å². The van der Waals surface area contributed by atoms with Gasteiger partial charge in [0.25, 0.3) is 0 Å². The van der Waals surface area contributed by atoms with E-state index < -0.39 is 0 Å². The van der Waals surface area contributed by atoms with Crippen LogP contribution in [0.1, 0.15) is 26.6 Å². The molecule has 0 saturated heterocycles. The topological polar surface area (TPSA) is 33.1 Å². The maximum Gasteiger partial charge on any atom is 0.122 e. The van der Waals surface area contributed by atoms with Gasteiger partial charge in [-0.05, 0) is 32.0 Å². The molecule has 1 unspecified atom stereocenters. The summed E-state index contributed by atoms with van der Waals surface area (Å²) in [6.45, 7) is 11.0. The van der Waals surface area contributed by atoms with Crippen LogP contribution in [0.5, 0.6) is 0 Å². The van der Waals surface area contributed by atoms with Gasteiger partial charge < -0.3 is 9.88 Å². The molecule has 0 aliphatic rings. The van der Waals surface area contributed by atoms with Crippen LogP contribution in [0, 0.1) is 11.8 Å². The highest BCUT2D eigenvalue weighted by Crippen LogP contribution is 2.03. The van der Waals surface area contributed by atoms with Gasteiger partial charge in [0.15, 0.2) is 0 Å². The van der Waals surface area contributed by atoms with Crippen molar-refractivity contribution in [2.24, 2.45) is 18.9 Å². The maximum atomic E-state index is 4.35. The largest absolute Gasteiger partial charge is 0.337 e. The van der Waals surface area contributed by atoms with E-state index in [-0.39, 0.29) is 0 Å². The lowest BCUT2D eigenvalue weighted by atomic mass is 10.1. The van der Waals surface area contributed by atoms with Crippen molar-refractivity contribution >= 4 is 0 Å². The van der Waals surface area contributed by atoms with Crippen molar-refractivity contribution in [3.63, 3.8) is 0 Å².